The standard InChI is InChI=1S/C6H12N2Si/c9-5-1-2-6-7-3-4-8-6/h3-4H,1-2,5H2,9H3,(H,7,8). The van der Waals surface area contributed by atoms with Crippen molar-refractivity contribution in [2.75, 3.05) is 0 Å². The van der Waals surface area contributed by atoms with E-state index in [1.807, 2.05) is 12.4 Å². The van der Waals surface area contributed by atoms with Crippen LogP contribution in [0.5, 0.6) is 0 Å². The predicted octanol–water partition coefficient (Wildman–Crippen LogP) is 0.126. The molecule has 1 aromatic rings. The molecule has 0 bridgehead atoms. The molecule has 0 aromatic carbocycles. The van der Waals surface area contributed by atoms with E-state index in [9.17, 15) is 0 Å². The zero-order valence-corrected chi connectivity index (χ0v) is 7.72. The van der Waals surface area contributed by atoms with Crippen LogP contribution in [0.25, 0.3) is 0 Å². The molecule has 0 aliphatic carbocycles. The van der Waals surface area contributed by atoms with Gasteiger partial charge in [-0.25, -0.2) is 4.98 Å². The molecular formula is C6H12N2Si. The Morgan fingerprint density at radius 1 is 1.67 bits per heavy atom. The predicted molar refractivity (Wildman–Crippen MR) is 41.7 cm³/mol. The average molecular weight is 140 g/mol. The molecule has 0 radical (unpaired) electrons. The van der Waals surface area contributed by atoms with Crippen LogP contribution in [0.2, 0.25) is 6.04 Å². The Labute approximate surface area is 58.1 Å². The lowest BCUT2D eigenvalue weighted by Gasteiger charge is -1.90. The van der Waals surface area contributed by atoms with Crippen molar-refractivity contribution < 1.29 is 0 Å². The fourth-order valence-electron chi connectivity index (χ4n) is 0.779. The van der Waals surface area contributed by atoms with Gasteiger partial charge in [-0.1, -0.05) is 6.04 Å². The Balaban J connectivity index is 2.30. The van der Waals surface area contributed by atoms with Gasteiger partial charge in [-0.3, -0.25) is 0 Å². The molecule has 1 N–H and O–H groups in total. The molecule has 1 rings (SSSR count). The monoisotopic (exact) mass is 140 g/mol. The van der Waals surface area contributed by atoms with Crippen molar-refractivity contribution >= 4 is 10.2 Å². The molecular weight excluding hydrogens is 128 g/mol. The second-order valence-electron chi connectivity index (χ2n) is 2.14. The lowest BCUT2D eigenvalue weighted by Crippen LogP contribution is -1.86. The third kappa shape index (κ3) is 2.01. The highest BCUT2D eigenvalue weighted by atomic mass is 28.1. The van der Waals surface area contributed by atoms with Crippen LogP contribution in [0.15, 0.2) is 12.4 Å². The Morgan fingerprint density at radius 3 is 3.11 bits per heavy atom. The lowest BCUT2D eigenvalue weighted by atomic mass is 10.3. The van der Waals surface area contributed by atoms with E-state index in [0.29, 0.717) is 0 Å². The minimum atomic E-state index is 1.12. The number of nitrogens with zero attached hydrogens (tertiary/aromatic N) is 1. The van der Waals surface area contributed by atoms with E-state index in [1.54, 1.807) is 0 Å². The van der Waals surface area contributed by atoms with Crippen molar-refractivity contribution in [2.24, 2.45) is 0 Å². The Morgan fingerprint density at radius 2 is 2.56 bits per heavy atom. The molecule has 1 aromatic heterocycles. The van der Waals surface area contributed by atoms with Crippen molar-refractivity contribution in [1.82, 2.24) is 9.97 Å². The second kappa shape index (κ2) is 3.45. The lowest BCUT2D eigenvalue weighted by molar-refractivity contribution is 0.855. The molecule has 0 atom stereocenters. The quantitative estimate of drug-likeness (QED) is 0.594. The number of H-pyrrole nitrogens is 1. The van der Waals surface area contributed by atoms with Crippen molar-refractivity contribution in [1.29, 1.82) is 0 Å². The summed E-state index contributed by atoms with van der Waals surface area (Å²) >= 11 is 0. The van der Waals surface area contributed by atoms with Gasteiger partial charge in [0.15, 0.2) is 0 Å². The van der Waals surface area contributed by atoms with Crippen LogP contribution in [0.1, 0.15) is 12.2 Å². The number of nitrogens with one attached hydrogen (secondary N) is 1. The van der Waals surface area contributed by atoms with Gasteiger partial charge in [-0.15, -0.1) is 0 Å². The number of hydrogen-bond donors (Lipinski definition) is 1. The molecule has 0 fully saturated rings. The fourth-order valence-corrected chi connectivity index (χ4v) is 1.13. The van der Waals surface area contributed by atoms with E-state index < -0.39 is 0 Å². The van der Waals surface area contributed by atoms with E-state index in [1.165, 1.54) is 22.7 Å². The van der Waals surface area contributed by atoms with Gasteiger partial charge in [-0.05, 0) is 6.42 Å². The summed E-state index contributed by atoms with van der Waals surface area (Å²) in [6, 6.07) is 1.38. The Hall–Kier alpha value is -0.573. The first-order valence-electron chi connectivity index (χ1n) is 3.41. The number of imidazole rings is 1. The molecule has 0 amide bonds. The minimum Gasteiger partial charge on any atom is -0.349 e. The normalized spacial score (nSPS) is 10.2. The van der Waals surface area contributed by atoms with Crippen LogP contribution in [0, 0.1) is 0 Å². The number of aromatic nitrogens is 2. The van der Waals surface area contributed by atoms with E-state index in [-0.39, 0.29) is 0 Å². The highest BCUT2D eigenvalue weighted by Crippen LogP contribution is 1.95. The summed E-state index contributed by atoms with van der Waals surface area (Å²) in [5.74, 6) is 1.13. The first kappa shape index (κ1) is 6.55. The summed E-state index contributed by atoms with van der Waals surface area (Å²) in [6.07, 6.45) is 6.10. The summed E-state index contributed by atoms with van der Waals surface area (Å²) in [6.45, 7) is 0. The highest BCUT2D eigenvalue weighted by Gasteiger charge is 1.90. The average Bonchev–Trinajstić information content (AvgIpc) is 2.34. The Kier molecular flexibility index (Phi) is 2.51. The maximum atomic E-state index is 4.11. The highest BCUT2D eigenvalue weighted by molar-refractivity contribution is 6.08. The molecule has 0 aliphatic rings. The van der Waals surface area contributed by atoms with Crippen LogP contribution in [0.3, 0.4) is 0 Å². The third-order valence-electron chi connectivity index (χ3n) is 1.32. The maximum Gasteiger partial charge on any atom is 0.105 e. The molecule has 0 saturated carbocycles. The maximum absolute atomic E-state index is 4.11. The van der Waals surface area contributed by atoms with Crippen LogP contribution >= 0.6 is 0 Å². The molecule has 9 heavy (non-hydrogen) atoms. The number of rotatable bonds is 3. The van der Waals surface area contributed by atoms with Crippen LogP contribution < -0.4 is 0 Å². The van der Waals surface area contributed by atoms with Crippen LogP contribution in [0.4, 0.5) is 0 Å². The number of aryl methyl sites for hydroxylation is 1. The molecule has 0 spiro atoms. The molecule has 3 heteroatoms. The summed E-state index contributed by atoms with van der Waals surface area (Å²) in [7, 11) is 1.32. The fraction of sp³-hybridized carbons (Fsp3) is 0.500. The van der Waals surface area contributed by atoms with Gasteiger partial charge in [-0.2, -0.15) is 0 Å². The van der Waals surface area contributed by atoms with Gasteiger partial charge in [0.1, 0.15) is 5.82 Å². The second-order valence-corrected chi connectivity index (χ2v) is 3.14. The molecule has 0 aliphatic heterocycles. The number of hydrogen-bond acceptors (Lipinski definition) is 1. The van der Waals surface area contributed by atoms with Crippen molar-refractivity contribution in [3.8, 4) is 0 Å². The SMILES string of the molecule is [SiH3]CCCc1ncc[nH]1. The number of aromatic amines is 1. The van der Waals surface area contributed by atoms with E-state index in [4.69, 9.17) is 0 Å². The molecule has 50 valence electrons. The summed E-state index contributed by atoms with van der Waals surface area (Å²) in [5, 5.41) is 0. The van der Waals surface area contributed by atoms with Crippen LogP contribution in [-0.4, -0.2) is 20.2 Å². The first-order chi connectivity index (χ1) is 4.43. The van der Waals surface area contributed by atoms with Crippen LogP contribution in [-0.2, 0) is 6.42 Å². The largest absolute Gasteiger partial charge is 0.349 e. The summed E-state index contributed by atoms with van der Waals surface area (Å²) in [4.78, 5) is 7.19. The van der Waals surface area contributed by atoms with E-state index >= 15 is 0 Å². The van der Waals surface area contributed by atoms with Gasteiger partial charge < -0.3 is 4.98 Å². The van der Waals surface area contributed by atoms with Gasteiger partial charge in [0.05, 0.1) is 0 Å². The third-order valence-corrected chi connectivity index (χ3v) is 2.03. The van der Waals surface area contributed by atoms with Crippen molar-refractivity contribution in [3.05, 3.63) is 18.2 Å². The molecule has 1 heterocycles. The van der Waals surface area contributed by atoms with Gasteiger partial charge >= 0.3 is 0 Å². The van der Waals surface area contributed by atoms with Gasteiger partial charge in [0, 0.05) is 29.1 Å². The minimum absolute atomic E-state index is 1.12. The zero-order chi connectivity index (χ0) is 6.53. The molecule has 0 saturated heterocycles. The van der Waals surface area contributed by atoms with Gasteiger partial charge in [0.2, 0.25) is 0 Å². The van der Waals surface area contributed by atoms with Crippen molar-refractivity contribution in [2.45, 2.75) is 18.9 Å². The molecule has 0 unspecified atom stereocenters. The summed E-state index contributed by atoms with van der Waals surface area (Å²) in [5.41, 5.74) is 0. The van der Waals surface area contributed by atoms with Gasteiger partial charge in [0.25, 0.3) is 0 Å². The van der Waals surface area contributed by atoms with E-state index in [2.05, 4.69) is 9.97 Å². The first-order valence-corrected chi connectivity index (χ1v) is 4.83. The Bertz CT molecular complexity index is 148. The smallest absolute Gasteiger partial charge is 0.105 e. The molecule has 2 nitrogen and oxygen atoms in total. The van der Waals surface area contributed by atoms with Crippen molar-refractivity contribution in [3.63, 3.8) is 0 Å². The topological polar surface area (TPSA) is 28.7 Å². The zero-order valence-electron chi connectivity index (χ0n) is 5.72. The van der Waals surface area contributed by atoms with E-state index in [0.717, 1.165) is 12.2 Å². The summed E-state index contributed by atoms with van der Waals surface area (Å²) < 4.78 is 0.